The second-order valence-electron chi connectivity index (χ2n) is 13.5. The normalized spacial score (nSPS) is 14.2. The van der Waals surface area contributed by atoms with Gasteiger partial charge in [-0.15, -0.1) is 0 Å². The summed E-state index contributed by atoms with van der Waals surface area (Å²) in [6.07, 6.45) is 5.02. The minimum atomic E-state index is -0.132. The Bertz CT molecular complexity index is 3060. The predicted octanol–water partition coefficient (Wildman–Crippen LogP) is 12.4. The lowest BCUT2D eigenvalue weighted by Gasteiger charge is -2.19. The smallest absolute Gasteiger partial charge is 0.163 e. The fourth-order valence-corrected chi connectivity index (χ4v) is 8.05. The molecule has 10 aromatic rings. The highest BCUT2D eigenvalue weighted by Crippen LogP contribution is 2.45. The number of furan rings is 2. The fraction of sp³-hybridized carbons (Fsp3) is 0.0426. The third-order valence-electron chi connectivity index (χ3n) is 10.5. The maximum Gasteiger partial charge on any atom is 0.163 e. The van der Waals surface area contributed by atoms with Gasteiger partial charge in [0.05, 0.1) is 5.92 Å². The average Bonchev–Trinajstić information content (AvgIpc) is 3.79. The van der Waals surface area contributed by atoms with Crippen molar-refractivity contribution in [3.8, 4) is 33.9 Å². The Morgan fingerprint density at radius 3 is 2.08 bits per heavy atom. The molecular weight excluding hydrogens is 639 g/mol. The Morgan fingerprint density at radius 2 is 1.19 bits per heavy atom. The summed E-state index contributed by atoms with van der Waals surface area (Å²) in [5.74, 6) is 2.70. The van der Waals surface area contributed by atoms with Crippen LogP contribution >= 0.6 is 0 Å². The molecule has 1 aliphatic carbocycles. The second kappa shape index (κ2) is 11.3. The van der Waals surface area contributed by atoms with Crippen molar-refractivity contribution in [2.45, 2.75) is 12.3 Å². The second-order valence-corrected chi connectivity index (χ2v) is 13.5. The van der Waals surface area contributed by atoms with E-state index < -0.39 is 0 Å². The van der Waals surface area contributed by atoms with Crippen molar-refractivity contribution in [2.24, 2.45) is 0 Å². The molecule has 1 unspecified atom stereocenters. The Morgan fingerprint density at radius 1 is 0.481 bits per heavy atom. The van der Waals surface area contributed by atoms with Gasteiger partial charge in [-0.2, -0.15) is 0 Å². The zero-order chi connectivity index (χ0) is 34.2. The molecule has 1 aliphatic rings. The maximum atomic E-state index is 6.83. The summed E-state index contributed by atoms with van der Waals surface area (Å²) in [6, 6.07) is 50.5. The van der Waals surface area contributed by atoms with E-state index in [1.54, 1.807) is 0 Å². The molecule has 244 valence electrons. The molecule has 11 rings (SSSR count). The molecule has 0 bridgehead atoms. The van der Waals surface area contributed by atoms with Gasteiger partial charge in [0.15, 0.2) is 11.6 Å². The lowest BCUT2D eigenvalue weighted by atomic mass is 9.87. The van der Waals surface area contributed by atoms with Crippen LogP contribution in [0.25, 0.3) is 94.4 Å². The van der Waals surface area contributed by atoms with Crippen molar-refractivity contribution in [3.63, 3.8) is 0 Å². The summed E-state index contributed by atoms with van der Waals surface area (Å²) >= 11 is 0. The highest BCUT2D eigenvalue weighted by Gasteiger charge is 2.30. The molecule has 0 N–H and O–H groups in total. The van der Waals surface area contributed by atoms with Gasteiger partial charge >= 0.3 is 0 Å². The molecule has 0 spiro atoms. The Hall–Kier alpha value is -6.85. The van der Waals surface area contributed by atoms with Gasteiger partial charge in [0, 0.05) is 38.4 Å². The molecule has 0 amide bonds. The van der Waals surface area contributed by atoms with Crippen LogP contribution in [0.3, 0.4) is 0 Å². The van der Waals surface area contributed by atoms with Crippen LogP contribution < -0.4 is 0 Å². The number of aromatic nitrogens is 3. The van der Waals surface area contributed by atoms with Gasteiger partial charge in [-0.3, -0.25) is 0 Å². The molecule has 5 heteroatoms. The Kier molecular flexibility index (Phi) is 6.31. The zero-order valence-corrected chi connectivity index (χ0v) is 28.0. The van der Waals surface area contributed by atoms with Crippen LogP contribution in [0.4, 0.5) is 0 Å². The molecule has 0 saturated carbocycles. The number of hydrogen-bond acceptors (Lipinski definition) is 5. The summed E-state index contributed by atoms with van der Waals surface area (Å²) in [7, 11) is 0. The molecule has 1 atom stereocenters. The average molecular weight is 668 g/mol. The van der Waals surface area contributed by atoms with Crippen molar-refractivity contribution in [3.05, 3.63) is 169 Å². The molecule has 0 saturated heterocycles. The van der Waals surface area contributed by atoms with Crippen LogP contribution in [0.15, 0.2) is 161 Å². The lowest BCUT2D eigenvalue weighted by Crippen LogP contribution is -2.11. The molecule has 0 aliphatic heterocycles. The van der Waals surface area contributed by atoms with Crippen molar-refractivity contribution in [1.82, 2.24) is 15.0 Å². The van der Waals surface area contributed by atoms with E-state index in [1.165, 1.54) is 21.5 Å². The van der Waals surface area contributed by atoms with Crippen molar-refractivity contribution >= 4 is 60.5 Å². The fourth-order valence-electron chi connectivity index (χ4n) is 8.05. The Balaban J connectivity index is 1.11. The first-order valence-corrected chi connectivity index (χ1v) is 17.6. The van der Waals surface area contributed by atoms with E-state index in [9.17, 15) is 0 Å². The van der Waals surface area contributed by atoms with Crippen LogP contribution in [0, 0.1) is 0 Å². The maximum absolute atomic E-state index is 6.83. The van der Waals surface area contributed by atoms with Crippen molar-refractivity contribution in [2.75, 3.05) is 0 Å². The molecule has 7 aromatic carbocycles. The summed E-state index contributed by atoms with van der Waals surface area (Å²) in [5, 5.41) is 8.06. The first-order valence-electron chi connectivity index (χ1n) is 17.6. The van der Waals surface area contributed by atoms with E-state index in [1.807, 2.05) is 48.5 Å². The van der Waals surface area contributed by atoms with E-state index in [0.29, 0.717) is 11.6 Å². The van der Waals surface area contributed by atoms with E-state index in [4.69, 9.17) is 23.8 Å². The van der Waals surface area contributed by atoms with Crippen molar-refractivity contribution in [1.29, 1.82) is 0 Å². The van der Waals surface area contributed by atoms with E-state index in [0.717, 1.165) is 78.7 Å². The SMILES string of the molecule is C1=Cc2oc3c(-c4cc5ccccc5c5ccccc45)cccc3c2C(c2nc(-c3ccccc3)nc(-c3ccc4oc5ccccc5c4c3)n2)C1. The van der Waals surface area contributed by atoms with Gasteiger partial charge in [0.2, 0.25) is 0 Å². The standard InChI is InChI=1S/C47H29N3O2/c1-2-12-28(13-3-1)45-48-46(30-24-25-41-39(27-30)34-18-8-9-22-40(34)51-41)50-47(49-45)37-21-11-23-42-43(37)36-20-10-19-35(44(36)52-42)38-26-29-14-4-5-15-31(29)32-16-6-7-17-33(32)38/h1-20,22-27,37H,21H2. The van der Waals surface area contributed by atoms with E-state index >= 15 is 0 Å². The number of fused-ring (bicyclic) bond motifs is 9. The number of para-hydroxylation sites is 2. The highest BCUT2D eigenvalue weighted by molar-refractivity contribution is 6.16. The van der Waals surface area contributed by atoms with Crippen molar-refractivity contribution < 1.29 is 8.83 Å². The lowest BCUT2D eigenvalue weighted by molar-refractivity contribution is 0.587. The van der Waals surface area contributed by atoms with E-state index in [-0.39, 0.29) is 5.92 Å². The van der Waals surface area contributed by atoms with Gasteiger partial charge in [-0.1, -0.05) is 121 Å². The van der Waals surface area contributed by atoms with Crippen LogP contribution in [0.5, 0.6) is 0 Å². The minimum absolute atomic E-state index is 0.132. The van der Waals surface area contributed by atoms with Gasteiger partial charge in [0.1, 0.15) is 28.3 Å². The largest absolute Gasteiger partial charge is 0.456 e. The number of benzene rings is 7. The third-order valence-corrected chi connectivity index (χ3v) is 10.5. The molecule has 5 nitrogen and oxygen atoms in total. The summed E-state index contributed by atoms with van der Waals surface area (Å²) in [4.78, 5) is 15.5. The first kappa shape index (κ1) is 28.9. The van der Waals surface area contributed by atoms with Crippen LogP contribution in [0.2, 0.25) is 0 Å². The molecule has 0 fully saturated rings. The number of rotatable bonds is 4. The van der Waals surface area contributed by atoms with Crippen LogP contribution in [0.1, 0.15) is 29.5 Å². The molecule has 3 heterocycles. The predicted molar refractivity (Wildman–Crippen MR) is 210 cm³/mol. The summed E-state index contributed by atoms with van der Waals surface area (Å²) < 4.78 is 13.0. The molecule has 3 aromatic heterocycles. The van der Waals surface area contributed by atoms with Crippen LogP contribution in [-0.4, -0.2) is 15.0 Å². The highest BCUT2D eigenvalue weighted by atomic mass is 16.3. The van der Waals surface area contributed by atoms with Gasteiger partial charge in [0.25, 0.3) is 0 Å². The van der Waals surface area contributed by atoms with Gasteiger partial charge in [-0.05, 0) is 69.9 Å². The monoisotopic (exact) mass is 667 g/mol. The van der Waals surface area contributed by atoms with Crippen LogP contribution in [-0.2, 0) is 0 Å². The molecular formula is C47H29N3O2. The quantitative estimate of drug-likeness (QED) is 0.175. The summed E-state index contributed by atoms with van der Waals surface area (Å²) in [5.41, 5.74) is 7.76. The van der Waals surface area contributed by atoms with E-state index in [2.05, 4.69) is 109 Å². The summed E-state index contributed by atoms with van der Waals surface area (Å²) in [6.45, 7) is 0. The topological polar surface area (TPSA) is 65.0 Å². The van der Waals surface area contributed by atoms with Gasteiger partial charge < -0.3 is 8.83 Å². The number of hydrogen-bond donors (Lipinski definition) is 0. The zero-order valence-electron chi connectivity index (χ0n) is 28.0. The van der Waals surface area contributed by atoms with Gasteiger partial charge in [-0.25, -0.2) is 15.0 Å². The Labute approximate surface area is 298 Å². The minimum Gasteiger partial charge on any atom is -0.456 e. The number of nitrogens with zero attached hydrogens (tertiary/aromatic N) is 3. The molecule has 52 heavy (non-hydrogen) atoms. The molecule has 0 radical (unpaired) electrons. The third kappa shape index (κ3) is 4.46. The number of allylic oxidation sites excluding steroid dienone is 1. The first-order chi connectivity index (χ1) is 25.8.